The highest BCUT2D eigenvalue weighted by Gasteiger charge is 2.29. The molecule has 2 aromatic carbocycles. The molecule has 1 aliphatic heterocycles. The molecule has 7 nitrogen and oxygen atoms in total. The van der Waals surface area contributed by atoms with Crippen molar-refractivity contribution >= 4 is 20.9 Å². The summed E-state index contributed by atoms with van der Waals surface area (Å²) in [7, 11) is -0.227. The summed E-state index contributed by atoms with van der Waals surface area (Å²) in [5.74, 6) is 0.589. The molecule has 30 heavy (non-hydrogen) atoms. The number of ether oxygens (including phenoxy) is 1. The first kappa shape index (κ1) is 20.4. The smallest absolute Gasteiger partial charge is 0.268 e. The van der Waals surface area contributed by atoms with Crippen molar-refractivity contribution < 1.29 is 13.2 Å². The topological polar surface area (TPSA) is 78.6 Å². The van der Waals surface area contributed by atoms with E-state index in [1.165, 1.54) is 23.2 Å². The molecule has 4 rings (SSSR count). The molecule has 156 valence electrons. The van der Waals surface area contributed by atoms with Crippen LogP contribution in [0, 0.1) is 11.3 Å². The van der Waals surface area contributed by atoms with Crippen LogP contribution in [0.15, 0.2) is 59.6 Å². The number of methoxy groups -OCH3 is 1. The number of hydrogen-bond acceptors (Lipinski definition) is 6. The number of nitriles is 1. The zero-order valence-electron chi connectivity index (χ0n) is 17.0. The van der Waals surface area contributed by atoms with E-state index in [1.807, 2.05) is 18.2 Å². The maximum atomic E-state index is 13.4. The van der Waals surface area contributed by atoms with Gasteiger partial charge in [0.2, 0.25) is 0 Å². The third-order valence-corrected chi connectivity index (χ3v) is 7.33. The molecular formula is C22H24N4O3S. The maximum absolute atomic E-state index is 13.4. The number of para-hydroxylation sites is 1. The van der Waals surface area contributed by atoms with Gasteiger partial charge in [0.05, 0.1) is 23.6 Å². The van der Waals surface area contributed by atoms with Crippen molar-refractivity contribution in [1.29, 1.82) is 5.26 Å². The van der Waals surface area contributed by atoms with E-state index in [4.69, 9.17) is 4.74 Å². The minimum atomic E-state index is -3.83. The number of aromatic nitrogens is 1. The molecule has 1 saturated heterocycles. The molecular weight excluding hydrogens is 400 g/mol. The van der Waals surface area contributed by atoms with E-state index in [-0.39, 0.29) is 4.90 Å². The molecule has 0 radical (unpaired) electrons. The van der Waals surface area contributed by atoms with Crippen molar-refractivity contribution in [3.63, 3.8) is 0 Å². The summed E-state index contributed by atoms with van der Waals surface area (Å²) >= 11 is 0. The Balaban J connectivity index is 1.81. The highest BCUT2D eigenvalue weighted by molar-refractivity contribution is 7.90. The highest BCUT2D eigenvalue weighted by Crippen LogP contribution is 2.33. The second kappa shape index (κ2) is 8.11. The fourth-order valence-electron chi connectivity index (χ4n) is 3.88. The Hall–Kier alpha value is -2.86. The predicted molar refractivity (Wildman–Crippen MR) is 115 cm³/mol. The standard InChI is InChI=1S/C22H24N4O3S/c1-24-11-13-25(14-12-24)22(15-23)20-16-26(21-6-4-3-5-19(20)21)30(27,28)18-9-7-17(29-2)8-10-18/h3-10,16,22H,11-14H2,1-2H3/t22-/m1/s1. The Morgan fingerprint density at radius 3 is 2.33 bits per heavy atom. The molecule has 0 saturated carbocycles. The van der Waals surface area contributed by atoms with Crippen LogP contribution in [0.1, 0.15) is 11.6 Å². The third kappa shape index (κ3) is 3.56. The molecule has 0 amide bonds. The van der Waals surface area contributed by atoms with Crippen molar-refractivity contribution in [3.8, 4) is 11.8 Å². The molecule has 1 aromatic heterocycles. The van der Waals surface area contributed by atoms with Crippen molar-refractivity contribution in [1.82, 2.24) is 13.8 Å². The monoisotopic (exact) mass is 424 g/mol. The van der Waals surface area contributed by atoms with Crippen LogP contribution in [0.3, 0.4) is 0 Å². The first-order valence-corrected chi connectivity index (χ1v) is 11.2. The van der Waals surface area contributed by atoms with Crippen molar-refractivity contribution in [2.75, 3.05) is 40.3 Å². The minimum absolute atomic E-state index is 0.170. The van der Waals surface area contributed by atoms with Crippen LogP contribution >= 0.6 is 0 Å². The van der Waals surface area contributed by atoms with E-state index < -0.39 is 16.1 Å². The second-order valence-corrected chi connectivity index (χ2v) is 9.26. The molecule has 3 aromatic rings. The summed E-state index contributed by atoms with van der Waals surface area (Å²) in [6.07, 6.45) is 1.61. The normalized spacial score (nSPS) is 17.0. The van der Waals surface area contributed by atoms with Gasteiger partial charge in [-0.15, -0.1) is 0 Å². The Morgan fingerprint density at radius 1 is 1.03 bits per heavy atom. The molecule has 1 fully saturated rings. The third-order valence-electron chi connectivity index (χ3n) is 5.64. The number of piperazine rings is 1. The predicted octanol–water partition coefficient (Wildman–Crippen LogP) is 2.70. The van der Waals surface area contributed by atoms with Gasteiger partial charge in [-0.1, -0.05) is 18.2 Å². The van der Waals surface area contributed by atoms with Crippen LogP contribution in [-0.2, 0) is 10.0 Å². The number of hydrogen-bond donors (Lipinski definition) is 0. The van der Waals surface area contributed by atoms with E-state index >= 15 is 0 Å². The maximum Gasteiger partial charge on any atom is 0.268 e. The fraction of sp³-hybridized carbons (Fsp3) is 0.318. The largest absolute Gasteiger partial charge is 0.497 e. The SMILES string of the molecule is COc1ccc(S(=O)(=O)n2cc([C@@H](C#N)N3CCN(C)CC3)c3ccccc32)cc1. The van der Waals surface area contributed by atoms with Crippen molar-refractivity contribution in [2.24, 2.45) is 0 Å². The van der Waals surface area contributed by atoms with E-state index in [1.54, 1.807) is 24.4 Å². The van der Waals surface area contributed by atoms with E-state index in [9.17, 15) is 13.7 Å². The molecule has 0 unspecified atom stereocenters. The van der Waals surface area contributed by atoms with Gasteiger partial charge in [-0.25, -0.2) is 12.4 Å². The van der Waals surface area contributed by atoms with Crippen LogP contribution in [-0.4, -0.2) is 62.5 Å². The molecule has 1 aliphatic rings. The minimum Gasteiger partial charge on any atom is -0.497 e. The van der Waals surface area contributed by atoms with Crippen LogP contribution < -0.4 is 4.74 Å². The highest BCUT2D eigenvalue weighted by atomic mass is 32.2. The molecule has 0 aliphatic carbocycles. The number of nitrogens with zero attached hydrogens (tertiary/aromatic N) is 4. The van der Waals surface area contributed by atoms with Crippen LogP contribution in [0.25, 0.3) is 10.9 Å². The second-order valence-electron chi connectivity index (χ2n) is 7.45. The van der Waals surface area contributed by atoms with E-state index in [0.717, 1.165) is 37.1 Å². The van der Waals surface area contributed by atoms with E-state index in [0.29, 0.717) is 11.3 Å². The Labute approximate surface area is 176 Å². The van der Waals surface area contributed by atoms with Gasteiger partial charge in [0, 0.05) is 43.3 Å². The Morgan fingerprint density at radius 2 is 1.70 bits per heavy atom. The van der Waals surface area contributed by atoms with Crippen molar-refractivity contribution in [2.45, 2.75) is 10.9 Å². The van der Waals surface area contributed by atoms with Gasteiger partial charge >= 0.3 is 0 Å². The first-order chi connectivity index (χ1) is 14.5. The lowest BCUT2D eigenvalue weighted by Crippen LogP contribution is -2.45. The Kier molecular flexibility index (Phi) is 5.52. The summed E-state index contributed by atoms with van der Waals surface area (Å²) in [6, 6.07) is 15.5. The van der Waals surface area contributed by atoms with Gasteiger partial charge in [0.1, 0.15) is 11.8 Å². The van der Waals surface area contributed by atoms with Crippen LogP contribution in [0.2, 0.25) is 0 Å². The van der Waals surface area contributed by atoms with Crippen LogP contribution in [0.5, 0.6) is 5.75 Å². The lowest BCUT2D eigenvalue weighted by Gasteiger charge is -2.35. The van der Waals surface area contributed by atoms with Gasteiger partial charge in [0.25, 0.3) is 10.0 Å². The average Bonchev–Trinajstić information content (AvgIpc) is 3.16. The summed E-state index contributed by atoms with van der Waals surface area (Å²) in [5, 5.41) is 10.7. The zero-order chi connectivity index (χ0) is 21.3. The zero-order valence-corrected chi connectivity index (χ0v) is 17.8. The van der Waals surface area contributed by atoms with Gasteiger partial charge in [-0.05, 0) is 37.4 Å². The molecule has 0 spiro atoms. The lowest BCUT2D eigenvalue weighted by atomic mass is 10.0. The molecule has 0 bridgehead atoms. The number of benzene rings is 2. The first-order valence-electron chi connectivity index (χ1n) is 9.77. The lowest BCUT2D eigenvalue weighted by molar-refractivity contribution is 0.133. The fourth-order valence-corrected chi connectivity index (χ4v) is 5.26. The quantitative estimate of drug-likeness (QED) is 0.627. The summed E-state index contributed by atoms with van der Waals surface area (Å²) in [6.45, 7) is 3.28. The van der Waals surface area contributed by atoms with E-state index in [2.05, 4.69) is 22.9 Å². The van der Waals surface area contributed by atoms with Gasteiger partial charge in [-0.3, -0.25) is 4.90 Å². The van der Waals surface area contributed by atoms with Gasteiger partial charge in [-0.2, -0.15) is 5.26 Å². The van der Waals surface area contributed by atoms with Crippen molar-refractivity contribution in [3.05, 3.63) is 60.3 Å². The summed E-state index contributed by atoms with van der Waals surface area (Å²) < 4.78 is 33.2. The van der Waals surface area contributed by atoms with Gasteiger partial charge < -0.3 is 9.64 Å². The van der Waals surface area contributed by atoms with Crippen LogP contribution in [0.4, 0.5) is 0 Å². The molecule has 1 atom stereocenters. The average molecular weight is 425 g/mol. The summed E-state index contributed by atoms with van der Waals surface area (Å²) in [4.78, 5) is 4.51. The summed E-state index contributed by atoms with van der Waals surface area (Å²) in [5.41, 5.74) is 1.28. The molecule has 2 heterocycles. The number of rotatable bonds is 5. The number of fused-ring (bicyclic) bond motifs is 1. The number of likely N-dealkylation sites (N-methyl/N-ethyl adjacent to an activating group) is 1. The molecule has 8 heteroatoms. The Bertz CT molecular complexity index is 1190. The molecule has 0 N–H and O–H groups in total. The van der Waals surface area contributed by atoms with Gasteiger partial charge in [0.15, 0.2) is 0 Å².